The Bertz CT molecular complexity index is 1620. The van der Waals surface area contributed by atoms with Crippen LogP contribution in [0.2, 0.25) is 0 Å². The number of benzene rings is 1. The molecule has 2 aliphatic rings. The van der Waals surface area contributed by atoms with Gasteiger partial charge in [0.2, 0.25) is 0 Å². The highest BCUT2D eigenvalue weighted by atomic mass is 32.1. The number of carbonyl (C=O) groups excluding carboxylic acids is 1. The smallest absolute Gasteiger partial charge is 0.287 e. The van der Waals surface area contributed by atoms with E-state index in [2.05, 4.69) is 37.8 Å². The van der Waals surface area contributed by atoms with Crippen molar-refractivity contribution in [3.8, 4) is 11.3 Å². The molecule has 1 fully saturated rings. The van der Waals surface area contributed by atoms with Crippen molar-refractivity contribution in [1.82, 2.24) is 20.1 Å². The third kappa shape index (κ3) is 5.40. The van der Waals surface area contributed by atoms with Crippen LogP contribution in [0.1, 0.15) is 51.0 Å². The van der Waals surface area contributed by atoms with Gasteiger partial charge in [0, 0.05) is 22.7 Å². The molecule has 206 valence electrons. The van der Waals surface area contributed by atoms with E-state index < -0.39 is 23.4 Å². The van der Waals surface area contributed by atoms with Crippen molar-refractivity contribution in [2.45, 2.75) is 44.2 Å². The Kier molecular flexibility index (Phi) is 7.18. The second kappa shape index (κ2) is 10.9. The molecule has 0 saturated carbocycles. The minimum atomic E-state index is -0.589. The normalized spacial score (nSPS) is 18.9. The van der Waals surface area contributed by atoms with Gasteiger partial charge < -0.3 is 15.7 Å². The number of anilines is 3. The predicted molar refractivity (Wildman–Crippen MR) is 153 cm³/mol. The van der Waals surface area contributed by atoms with Crippen LogP contribution in [0.3, 0.4) is 0 Å². The largest absolute Gasteiger partial charge is 0.393 e. The maximum Gasteiger partial charge on any atom is 0.287 e. The average Bonchev–Trinajstić information content (AvgIpc) is 3.57. The number of thiophene rings is 1. The van der Waals surface area contributed by atoms with Gasteiger partial charge in [-0.1, -0.05) is 6.07 Å². The number of aryl methyl sites for hydroxylation is 1. The fraction of sp³-hybridized carbons (Fsp3) is 0.310. The molecule has 4 heterocycles. The molecule has 1 aliphatic heterocycles. The van der Waals surface area contributed by atoms with Crippen LogP contribution in [0.15, 0.2) is 53.5 Å². The van der Waals surface area contributed by atoms with Crippen LogP contribution in [0.5, 0.6) is 0 Å². The molecule has 11 heteroatoms. The fourth-order valence-electron chi connectivity index (χ4n) is 5.37. The lowest BCUT2D eigenvalue weighted by Crippen LogP contribution is -2.17. The van der Waals surface area contributed by atoms with Gasteiger partial charge in [-0.2, -0.15) is 5.10 Å². The van der Waals surface area contributed by atoms with E-state index >= 15 is 0 Å². The van der Waals surface area contributed by atoms with E-state index in [9.17, 15) is 19.1 Å². The highest BCUT2D eigenvalue weighted by molar-refractivity contribution is 7.14. The molecule has 1 aromatic carbocycles. The number of carbonyl (C=O) groups is 1. The van der Waals surface area contributed by atoms with Gasteiger partial charge in [0.15, 0.2) is 0 Å². The second-order valence-electron chi connectivity index (χ2n) is 10.3. The zero-order chi connectivity index (χ0) is 27.8. The quantitative estimate of drug-likeness (QED) is 0.271. The molecule has 2 atom stereocenters. The van der Waals surface area contributed by atoms with Crippen molar-refractivity contribution in [1.29, 1.82) is 0 Å². The summed E-state index contributed by atoms with van der Waals surface area (Å²) in [6.45, 7) is 1.07. The topological polar surface area (TPSA) is 123 Å². The number of hydrogen-bond acceptors (Lipinski definition) is 8. The summed E-state index contributed by atoms with van der Waals surface area (Å²) in [5, 5.41) is 22.2. The van der Waals surface area contributed by atoms with Crippen molar-refractivity contribution in [3.05, 3.63) is 85.7 Å². The maximum atomic E-state index is 14.7. The van der Waals surface area contributed by atoms with E-state index in [0.717, 1.165) is 41.8 Å². The Labute approximate surface area is 234 Å². The van der Waals surface area contributed by atoms with Gasteiger partial charge in [-0.25, -0.2) is 14.5 Å². The Balaban J connectivity index is 1.20. The van der Waals surface area contributed by atoms with Crippen LogP contribution < -0.4 is 16.2 Å². The number of aromatic amines is 1. The molecule has 4 aromatic rings. The zero-order valence-electron chi connectivity index (χ0n) is 21.9. The molecular weight excluding hydrogens is 531 g/mol. The molecule has 0 radical (unpaired) electrons. The summed E-state index contributed by atoms with van der Waals surface area (Å²) in [5.74, 6) is -0.487. The van der Waals surface area contributed by atoms with E-state index in [0.29, 0.717) is 40.8 Å². The number of halogens is 1. The maximum absolute atomic E-state index is 14.7. The second-order valence-corrected chi connectivity index (χ2v) is 11.5. The van der Waals surface area contributed by atoms with Crippen LogP contribution in [-0.2, 0) is 12.8 Å². The molecule has 40 heavy (non-hydrogen) atoms. The Hall–Kier alpha value is -3.93. The van der Waals surface area contributed by atoms with Crippen LogP contribution in [0.25, 0.3) is 11.3 Å². The number of H-pyrrole nitrogens is 1. The van der Waals surface area contributed by atoms with Gasteiger partial charge in [-0.05, 0) is 93.2 Å². The number of nitrogens with zero attached hydrogens (tertiary/aromatic N) is 3. The van der Waals surface area contributed by atoms with Crippen molar-refractivity contribution >= 4 is 34.4 Å². The number of aliphatic hydroxyl groups is 1. The molecule has 3 aromatic heterocycles. The SMILES string of the molecule is CN1CCC[C@H]1c1ccc(Nc2cc(-c3ccc(F)c(NC(=O)c4cc5c(s4)CC[C@H](O)C5)c3)n[nH]c2=O)nc1. The van der Waals surface area contributed by atoms with E-state index in [-0.39, 0.29) is 11.4 Å². The summed E-state index contributed by atoms with van der Waals surface area (Å²) < 4.78 is 14.7. The molecule has 6 rings (SSSR count). The third-order valence-corrected chi connectivity index (χ3v) is 8.78. The van der Waals surface area contributed by atoms with Gasteiger partial charge in [0.25, 0.3) is 11.5 Å². The zero-order valence-corrected chi connectivity index (χ0v) is 22.7. The lowest BCUT2D eigenvalue weighted by Gasteiger charge is -2.19. The summed E-state index contributed by atoms with van der Waals surface area (Å²) >= 11 is 1.37. The summed E-state index contributed by atoms with van der Waals surface area (Å²) in [4.78, 5) is 33.8. The molecule has 4 N–H and O–H groups in total. The summed E-state index contributed by atoms with van der Waals surface area (Å²) in [6, 6.07) is 11.8. The molecule has 9 nitrogen and oxygen atoms in total. The Morgan fingerprint density at radius 2 is 2.05 bits per heavy atom. The lowest BCUT2D eigenvalue weighted by atomic mass is 9.96. The van der Waals surface area contributed by atoms with E-state index in [1.54, 1.807) is 12.1 Å². The molecule has 1 aliphatic carbocycles. The average molecular weight is 561 g/mol. The van der Waals surface area contributed by atoms with Crippen LogP contribution in [-0.4, -0.2) is 50.8 Å². The predicted octanol–water partition coefficient (Wildman–Crippen LogP) is 4.64. The molecule has 0 unspecified atom stereocenters. The first-order valence-electron chi connectivity index (χ1n) is 13.3. The van der Waals surface area contributed by atoms with E-state index in [4.69, 9.17) is 0 Å². The number of hydrogen-bond donors (Lipinski definition) is 4. The Morgan fingerprint density at radius 1 is 1.18 bits per heavy atom. The monoisotopic (exact) mass is 560 g/mol. The van der Waals surface area contributed by atoms with Crippen molar-refractivity contribution in [3.63, 3.8) is 0 Å². The summed E-state index contributed by atoms with van der Waals surface area (Å²) in [7, 11) is 2.11. The van der Waals surface area contributed by atoms with Crippen molar-refractivity contribution < 1.29 is 14.3 Å². The first kappa shape index (κ1) is 26.3. The molecule has 0 spiro atoms. The van der Waals surface area contributed by atoms with Crippen molar-refractivity contribution in [2.24, 2.45) is 0 Å². The van der Waals surface area contributed by atoms with E-state index in [1.165, 1.54) is 29.5 Å². The first-order chi connectivity index (χ1) is 19.3. The Morgan fingerprint density at radius 3 is 2.83 bits per heavy atom. The number of fused-ring (bicyclic) bond motifs is 1. The van der Waals surface area contributed by atoms with E-state index in [1.807, 2.05) is 18.3 Å². The molecule has 1 amide bonds. The highest BCUT2D eigenvalue weighted by Gasteiger charge is 2.24. The number of amides is 1. The number of aromatic nitrogens is 3. The highest BCUT2D eigenvalue weighted by Crippen LogP contribution is 2.32. The minimum absolute atomic E-state index is 0.00514. The number of aliphatic hydroxyl groups excluding tert-OH is 1. The number of likely N-dealkylation sites (tertiary alicyclic amines) is 1. The van der Waals surface area contributed by atoms with Gasteiger partial charge in [0.05, 0.1) is 22.4 Å². The number of nitrogens with one attached hydrogen (secondary N) is 3. The van der Waals surface area contributed by atoms with Crippen molar-refractivity contribution in [2.75, 3.05) is 24.2 Å². The summed E-state index contributed by atoms with van der Waals surface area (Å²) in [6.07, 6.45) is 5.60. The first-order valence-corrected chi connectivity index (χ1v) is 14.1. The molecular formula is C29H29FN6O3S. The van der Waals surface area contributed by atoms with Crippen LogP contribution in [0, 0.1) is 5.82 Å². The standard InChI is InChI=1S/C29H29FN6O3S/c1-36-10-2-3-24(36)17-5-9-27(31-15-17)32-23-14-21(34-35-28(23)38)16-4-7-20(30)22(12-16)33-29(39)26-13-18-11-19(37)6-8-25(18)40-26/h4-5,7,9,12-15,19,24,37H,2-3,6,8,10-11H2,1H3,(H,33,39)(H,35,38)(H,31,32,34)/t19-,24-/m0/s1. The number of rotatable bonds is 6. The molecule has 0 bridgehead atoms. The lowest BCUT2D eigenvalue weighted by molar-refractivity contribution is 0.102. The van der Waals surface area contributed by atoms with Crippen LogP contribution in [0.4, 0.5) is 21.6 Å². The minimum Gasteiger partial charge on any atom is -0.393 e. The fourth-order valence-corrected chi connectivity index (χ4v) is 6.48. The van der Waals surface area contributed by atoms with Gasteiger partial charge in [-0.3, -0.25) is 14.5 Å². The van der Waals surface area contributed by atoms with Gasteiger partial charge >= 0.3 is 0 Å². The van der Waals surface area contributed by atoms with Crippen LogP contribution >= 0.6 is 11.3 Å². The van der Waals surface area contributed by atoms with Gasteiger partial charge in [0.1, 0.15) is 17.3 Å². The molecule has 1 saturated heterocycles. The summed E-state index contributed by atoms with van der Waals surface area (Å²) in [5.41, 5.74) is 2.83. The number of pyridine rings is 1. The van der Waals surface area contributed by atoms with Gasteiger partial charge in [-0.15, -0.1) is 11.3 Å². The third-order valence-electron chi connectivity index (χ3n) is 7.55.